The fourth-order valence-corrected chi connectivity index (χ4v) is 4.17. The Morgan fingerprint density at radius 3 is 2.39 bits per heavy atom. The van der Waals surface area contributed by atoms with E-state index in [4.69, 9.17) is 9.15 Å². The van der Waals surface area contributed by atoms with Crippen LogP contribution in [0, 0.1) is 0 Å². The maximum absolute atomic E-state index is 12.6. The molecule has 0 aliphatic carbocycles. The maximum Gasteiger partial charge on any atom is 0.331 e. The van der Waals surface area contributed by atoms with E-state index in [0.717, 1.165) is 0 Å². The molecule has 2 aromatic rings. The number of sulfonamides is 1. The predicted molar refractivity (Wildman–Crippen MR) is 100 cm³/mol. The lowest BCUT2D eigenvalue weighted by atomic mass is 10.3. The van der Waals surface area contributed by atoms with Crippen molar-refractivity contribution in [1.82, 2.24) is 9.21 Å². The van der Waals surface area contributed by atoms with Crippen molar-refractivity contribution >= 4 is 28.0 Å². The van der Waals surface area contributed by atoms with E-state index in [0.29, 0.717) is 5.76 Å². The summed E-state index contributed by atoms with van der Waals surface area (Å²) in [5, 5.41) is 0. The average molecular weight is 404 g/mol. The molecule has 1 aliphatic rings. The lowest BCUT2D eigenvalue weighted by molar-refractivity contribution is -0.148. The minimum absolute atomic E-state index is 0.190. The molecule has 0 spiro atoms. The Morgan fingerprint density at radius 2 is 1.75 bits per heavy atom. The van der Waals surface area contributed by atoms with E-state index in [1.54, 1.807) is 42.5 Å². The molecule has 1 aromatic heterocycles. The predicted octanol–water partition coefficient (Wildman–Crippen LogP) is 1.37. The van der Waals surface area contributed by atoms with Crippen molar-refractivity contribution in [2.24, 2.45) is 0 Å². The third kappa shape index (κ3) is 4.87. The third-order valence-corrected chi connectivity index (χ3v) is 6.15. The van der Waals surface area contributed by atoms with Crippen molar-refractivity contribution in [2.75, 3.05) is 32.8 Å². The molecule has 0 radical (unpaired) electrons. The van der Waals surface area contributed by atoms with Crippen LogP contribution in [0.4, 0.5) is 0 Å². The van der Waals surface area contributed by atoms with Gasteiger partial charge < -0.3 is 14.1 Å². The SMILES string of the molecule is O=C(C=Cc1ccco1)OCC(=O)N1CCN(S(=O)(=O)c2ccccc2)CC1. The van der Waals surface area contributed by atoms with Gasteiger partial charge in [-0.3, -0.25) is 4.79 Å². The molecule has 1 amide bonds. The first-order valence-corrected chi connectivity index (χ1v) is 10.1. The number of furan rings is 1. The van der Waals surface area contributed by atoms with Gasteiger partial charge in [-0.15, -0.1) is 0 Å². The number of esters is 1. The van der Waals surface area contributed by atoms with E-state index in [2.05, 4.69) is 0 Å². The average Bonchev–Trinajstić information content (AvgIpc) is 3.25. The van der Waals surface area contributed by atoms with Crippen LogP contribution in [0.15, 0.2) is 64.1 Å². The van der Waals surface area contributed by atoms with E-state index >= 15 is 0 Å². The molecule has 0 unspecified atom stereocenters. The standard InChI is InChI=1S/C19H20N2O6S/c22-18(15-27-19(23)9-8-16-5-4-14-26-16)20-10-12-21(13-11-20)28(24,25)17-6-2-1-3-7-17/h1-9,14H,10-13,15H2. The number of carbonyl (C=O) groups is 2. The van der Waals surface area contributed by atoms with Gasteiger partial charge in [0.2, 0.25) is 10.0 Å². The number of benzene rings is 1. The second-order valence-corrected chi connectivity index (χ2v) is 7.99. The van der Waals surface area contributed by atoms with E-state index in [1.807, 2.05) is 0 Å². The van der Waals surface area contributed by atoms with Gasteiger partial charge in [0.25, 0.3) is 5.91 Å². The second-order valence-electron chi connectivity index (χ2n) is 6.05. The Hall–Kier alpha value is -2.91. The number of carbonyl (C=O) groups excluding carboxylic acids is 2. The zero-order valence-electron chi connectivity index (χ0n) is 15.1. The summed E-state index contributed by atoms with van der Waals surface area (Å²) in [5.41, 5.74) is 0. The third-order valence-electron chi connectivity index (χ3n) is 4.24. The van der Waals surface area contributed by atoms with Crippen molar-refractivity contribution in [3.63, 3.8) is 0 Å². The number of piperazine rings is 1. The highest BCUT2D eigenvalue weighted by atomic mass is 32.2. The summed E-state index contributed by atoms with van der Waals surface area (Å²) in [6.07, 6.45) is 4.10. The molecule has 28 heavy (non-hydrogen) atoms. The maximum atomic E-state index is 12.6. The van der Waals surface area contributed by atoms with Gasteiger partial charge in [0.1, 0.15) is 5.76 Å². The van der Waals surface area contributed by atoms with E-state index < -0.39 is 22.6 Å². The molecule has 1 fully saturated rings. The molecule has 148 valence electrons. The van der Waals surface area contributed by atoms with Crippen LogP contribution in [-0.4, -0.2) is 62.3 Å². The lowest BCUT2D eigenvalue weighted by Crippen LogP contribution is -2.51. The first-order chi connectivity index (χ1) is 13.5. The monoisotopic (exact) mass is 404 g/mol. The molecule has 8 nitrogen and oxygen atoms in total. The molecule has 9 heteroatoms. The molecular formula is C19H20N2O6S. The Kier molecular flexibility index (Phi) is 6.27. The summed E-state index contributed by atoms with van der Waals surface area (Å²) >= 11 is 0. The van der Waals surface area contributed by atoms with Crippen LogP contribution in [0.2, 0.25) is 0 Å². The summed E-state index contributed by atoms with van der Waals surface area (Å²) in [7, 11) is -3.57. The molecular weight excluding hydrogens is 384 g/mol. The summed E-state index contributed by atoms with van der Waals surface area (Å²) in [6.45, 7) is 0.465. The molecule has 0 bridgehead atoms. The quantitative estimate of drug-likeness (QED) is 0.533. The van der Waals surface area contributed by atoms with Crippen LogP contribution in [0.25, 0.3) is 6.08 Å². The minimum atomic E-state index is -3.57. The fraction of sp³-hybridized carbons (Fsp3) is 0.263. The normalized spacial score (nSPS) is 15.6. The van der Waals surface area contributed by atoms with Crippen LogP contribution in [0.1, 0.15) is 5.76 Å². The molecule has 0 N–H and O–H groups in total. The first-order valence-electron chi connectivity index (χ1n) is 8.68. The highest BCUT2D eigenvalue weighted by Crippen LogP contribution is 2.17. The molecule has 0 atom stereocenters. The van der Waals surface area contributed by atoms with Gasteiger partial charge in [-0.1, -0.05) is 18.2 Å². The van der Waals surface area contributed by atoms with Gasteiger partial charge in [-0.05, 0) is 30.3 Å². The lowest BCUT2D eigenvalue weighted by Gasteiger charge is -2.33. The van der Waals surface area contributed by atoms with Crippen LogP contribution >= 0.6 is 0 Å². The Labute approximate surface area is 163 Å². The highest BCUT2D eigenvalue weighted by Gasteiger charge is 2.30. The van der Waals surface area contributed by atoms with Crippen LogP contribution in [0.3, 0.4) is 0 Å². The summed E-state index contributed by atoms with van der Waals surface area (Å²) in [6, 6.07) is 11.5. The van der Waals surface area contributed by atoms with Crippen LogP contribution < -0.4 is 0 Å². The minimum Gasteiger partial charge on any atom is -0.465 e. The van der Waals surface area contributed by atoms with Crippen molar-refractivity contribution < 1.29 is 27.2 Å². The number of amides is 1. The van der Waals surface area contributed by atoms with E-state index in [9.17, 15) is 18.0 Å². The van der Waals surface area contributed by atoms with Crippen molar-refractivity contribution in [3.8, 4) is 0 Å². The highest BCUT2D eigenvalue weighted by molar-refractivity contribution is 7.89. The topological polar surface area (TPSA) is 97.1 Å². The van der Waals surface area contributed by atoms with Gasteiger partial charge in [0.05, 0.1) is 11.2 Å². The molecule has 1 aliphatic heterocycles. The Balaban J connectivity index is 1.47. The molecule has 0 saturated carbocycles. The molecule has 1 saturated heterocycles. The summed E-state index contributed by atoms with van der Waals surface area (Å²) < 4.78 is 36.5. The smallest absolute Gasteiger partial charge is 0.331 e. The van der Waals surface area contributed by atoms with Gasteiger partial charge >= 0.3 is 5.97 Å². The van der Waals surface area contributed by atoms with E-state index in [-0.39, 0.29) is 37.0 Å². The van der Waals surface area contributed by atoms with Gasteiger partial charge in [0.15, 0.2) is 6.61 Å². The van der Waals surface area contributed by atoms with E-state index in [1.165, 1.54) is 27.6 Å². The van der Waals surface area contributed by atoms with Crippen molar-refractivity contribution in [1.29, 1.82) is 0 Å². The number of nitrogens with zero attached hydrogens (tertiary/aromatic N) is 2. The van der Waals surface area contributed by atoms with Gasteiger partial charge in [0, 0.05) is 32.3 Å². The first kappa shape index (κ1) is 19.8. The van der Waals surface area contributed by atoms with Crippen LogP contribution in [-0.2, 0) is 24.3 Å². The number of hydrogen-bond acceptors (Lipinski definition) is 6. The van der Waals surface area contributed by atoms with Gasteiger partial charge in [-0.2, -0.15) is 4.31 Å². The Morgan fingerprint density at radius 1 is 1.04 bits per heavy atom. The van der Waals surface area contributed by atoms with Gasteiger partial charge in [-0.25, -0.2) is 13.2 Å². The molecule has 2 heterocycles. The van der Waals surface area contributed by atoms with Crippen molar-refractivity contribution in [2.45, 2.75) is 4.90 Å². The Bertz CT molecular complexity index is 930. The van der Waals surface area contributed by atoms with Crippen molar-refractivity contribution in [3.05, 3.63) is 60.6 Å². The summed E-state index contributed by atoms with van der Waals surface area (Å²) in [4.78, 5) is 25.6. The largest absolute Gasteiger partial charge is 0.465 e. The number of rotatable bonds is 6. The van der Waals surface area contributed by atoms with Crippen LogP contribution in [0.5, 0.6) is 0 Å². The second kappa shape index (κ2) is 8.85. The zero-order chi connectivity index (χ0) is 20.0. The fourth-order valence-electron chi connectivity index (χ4n) is 2.73. The molecule has 1 aromatic carbocycles. The summed E-state index contributed by atoms with van der Waals surface area (Å²) in [5.74, 6) is -0.523. The molecule has 3 rings (SSSR count). The number of hydrogen-bond donors (Lipinski definition) is 0. The zero-order valence-corrected chi connectivity index (χ0v) is 15.9. The number of ether oxygens (including phenoxy) is 1.